The normalized spacial score (nSPS) is 10.7. The van der Waals surface area contributed by atoms with Crippen LogP contribution in [-0.2, 0) is 13.0 Å². The predicted octanol–water partition coefficient (Wildman–Crippen LogP) is 4.54. The van der Waals surface area contributed by atoms with Crippen molar-refractivity contribution < 1.29 is 9.15 Å². The number of aromatic nitrogens is 1. The first-order chi connectivity index (χ1) is 14.6. The van der Waals surface area contributed by atoms with E-state index >= 15 is 0 Å². The highest BCUT2D eigenvalue weighted by Gasteiger charge is 2.15. The molecule has 0 aliphatic carbocycles. The van der Waals surface area contributed by atoms with Crippen molar-refractivity contribution in [1.82, 2.24) is 4.98 Å². The second kappa shape index (κ2) is 8.58. The van der Waals surface area contributed by atoms with Crippen molar-refractivity contribution >= 4 is 22.8 Å². The smallest absolute Gasteiger partial charge is 0.298 e. The van der Waals surface area contributed by atoms with Crippen molar-refractivity contribution in [2.24, 2.45) is 0 Å². The van der Waals surface area contributed by atoms with Crippen LogP contribution in [0.3, 0.4) is 0 Å². The third-order valence-corrected chi connectivity index (χ3v) is 4.96. The minimum atomic E-state index is 0.550. The molecule has 0 radical (unpaired) electrons. The summed E-state index contributed by atoms with van der Waals surface area (Å²) in [4.78, 5) is 6.75. The van der Waals surface area contributed by atoms with E-state index in [0.29, 0.717) is 35.9 Å². The van der Waals surface area contributed by atoms with Crippen LogP contribution in [0.5, 0.6) is 5.75 Å². The lowest BCUT2D eigenvalue weighted by atomic mass is 10.1. The summed E-state index contributed by atoms with van der Waals surface area (Å²) in [5.74, 6) is 0.838. The summed E-state index contributed by atoms with van der Waals surface area (Å²) in [6.07, 6.45) is 0.821. The number of fused-ring (bicyclic) bond motifs is 1. The molecule has 0 bridgehead atoms. The van der Waals surface area contributed by atoms with Gasteiger partial charge < -0.3 is 19.8 Å². The van der Waals surface area contributed by atoms with E-state index in [2.05, 4.69) is 28.1 Å². The van der Waals surface area contributed by atoms with Gasteiger partial charge in [0.05, 0.1) is 18.7 Å². The van der Waals surface area contributed by atoms with E-state index in [1.807, 2.05) is 48.5 Å². The molecule has 0 saturated carbocycles. The second-order valence-electron chi connectivity index (χ2n) is 7.05. The summed E-state index contributed by atoms with van der Waals surface area (Å²) in [7, 11) is 1.66. The molecule has 0 aliphatic rings. The Bertz CT molecular complexity index is 1170. The van der Waals surface area contributed by atoms with Gasteiger partial charge in [-0.05, 0) is 53.9 Å². The zero-order chi connectivity index (χ0) is 20.9. The monoisotopic (exact) mass is 398 g/mol. The number of nitriles is 1. The molecule has 0 atom stereocenters. The van der Waals surface area contributed by atoms with Crippen LogP contribution in [0.1, 0.15) is 16.7 Å². The molecule has 0 saturated heterocycles. The lowest BCUT2D eigenvalue weighted by Gasteiger charge is -2.21. The molecule has 1 aromatic heterocycles. The molecule has 6 nitrogen and oxygen atoms in total. The number of ether oxygens (including phenoxy) is 1. The van der Waals surface area contributed by atoms with Gasteiger partial charge in [0.1, 0.15) is 11.3 Å². The van der Waals surface area contributed by atoms with Gasteiger partial charge >= 0.3 is 0 Å². The van der Waals surface area contributed by atoms with E-state index in [1.54, 1.807) is 13.2 Å². The first kappa shape index (κ1) is 19.3. The molecule has 0 unspecified atom stereocenters. The third-order valence-electron chi connectivity index (χ3n) is 4.96. The highest BCUT2D eigenvalue weighted by molar-refractivity contribution is 5.78. The van der Waals surface area contributed by atoms with E-state index < -0.39 is 0 Å². The summed E-state index contributed by atoms with van der Waals surface area (Å²) in [6.45, 7) is 1.33. The number of anilines is 2. The minimum Gasteiger partial charge on any atom is -0.497 e. The summed E-state index contributed by atoms with van der Waals surface area (Å²) < 4.78 is 11.3. The number of nitrogens with two attached hydrogens (primary N) is 1. The minimum absolute atomic E-state index is 0.550. The Hall–Kier alpha value is -3.98. The molecule has 0 spiro atoms. The van der Waals surface area contributed by atoms with E-state index in [4.69, 9.17) is 20.1 Å². The molecule has 3 aromatic carbocycles. The Labute approximate surface area is 175 Å². The van der Waals surface area contributed by atoms with Crippen molar-refractivity contribution in [3.8, 4) is 11.8 Å². The highest BCUT2D eigenvalue weighted by Crippen LogP contribution is 2.25. The maximum absolute atomic E-state index is 9.03. The number of hydrogen-bond donors (Lipinski definition) is 1. The van der Waals surface area contributed by atoms with Crippen LogP contribution in [0.4, 0.5) is 11.7 Å². The summed E-state index contributed by atoms with van der Waals surface area (Å²) >= 11 is 0. The van der Waals surface area contributed by atoms with E-state index in [-0.39, 0.29) is 0 Å². The molecule has 30 heavy (non-hydrogen) atoms. The van der Waals surface area contributed by atoms with Gasteiger partial charge in [-0.25, -0.2) is 0 Å². The number of methoxy groups -OCH3 is 1. The average Bonchev–Trinajstić information content (AvgIpc) is 3.20. The molecule has 4 aromatic rings. The lowest BCUT2D eigenvalue weighted by molar-refractivity contribution is 0.414. The van der Waals surface area contributed by atoms with Crippen LogP contribution < -0.4 is 15.4 Å². The van der Waals surface area contributed by atoms with Crippen LogP contribution >= 0.6 is 0 Å². The van der Waals surface area contributed by atoms with Gasteiger partial charge in [0, 0.05) is 24.8 Å². The van der Waals surface area contributed by atoms with Crippen molar-refractivity contribution in [1.29, 1.82) is 5.26 Å². The van der Waals surface area contributed by atoms with E-state index in [9.17, 15) is 0 Å². The van der Waals surface area contributed by atoms with Crippen LogP contribution in [-0.4, -0.2) is 18.6 Å². The molecule has 2 N–H and O–H groups in total. The first-order valence-corrected chi connectivity index (χ1v) is 9.67. The number of nitrogen functional groups attached to an aromatic ring is 1. The van der Waals surface area contributed by atoms with Crippen molar-refractivity contribution in [3.63, 3.8) is 0 Å². The van der Waals surface area contributed by atoms with Gasteiger partial charge in [-0.1, -0.05) is 24.3 Å². The Kier molecular flexibility index (Phi) is 5.53. The standard InChI is InChI=1S/C24H22N4O2/c1-29-21-9-6-17(7-10-21)12-13-28(16-19-4-2-18(15-25)3-5-19)24-27-22-11-8-20(26)14-23(22)30-24/h2-11,14H,12-13,16,26H2,1H3. The molecular formula is C24H22N4O2. The zero-order valence-corrected chi connectivity index (χ0v) is 16.7. The van der Waals surface area contributed by atoms with E-state index in [1.165, 1.54) is 5.56 Å². The number of oxazole rings is 1. The molecule has 0 aliphatic heterocycles. The summed E-state index contributed by atoms with van der Waals surface area (Å²) in [6, 6.07) is 23.8. The quantitative estimate of drug-likeness (QED) is 0.460. The van der Waals surface area contributed by atoms with Crippen molar-refractivity contribution in [2.75, 3.05) is 24.3 Å². The second-order valence-corrected chi connectivity index (χ2v) is 7.05. The topological polar surface area (TPSA) is 88.3 Å². The Morgan fingerprint density at radius 3 is 2.47 bits per heavy atom. The fourth-order valence-electron chi connectivity index (χ4n) is 3.27. The molecule has 150 valence electrons. The molecule has 0 amide bonds. The summed E-state index contributed by atoms with van der Waals surface area (Å²) in [5.41, 5.74) is 10.9. The fourth-order valence-corrected chi connectivity index (χ4v) is 3.27. The van der Waals surface area contributed by atoms with Crippen molar-refractivity contribution in [2.45, 2.75) is 13.0 Å². The average molecular weight is 398 g/mol. The highest BCUT2D eigenvalue weighted by atomic mass is 16.5. The Balaban J connectivity index is 1.59. The maximum atomic E-state index is 9.03. The molecule has 4 rings (SSSR count). The third kappa shape index (κ3) is 4.36. The fraction of sp³-hybridized carbons (Fsp3) is 0.167. The Morgan fingerprint density at radius 1 is 1.03 bits per heavy atom. The van der Waals surface area contributed by atoms with Crippen LogP contribution in [0.2, 0.25) is 0 Å². The number of benzene rings is 3. The number of nitrogens with zero attached hydrogens (tertiary/aromatic N) is 3. The van der Waals surface area contributed by atoms with Gasteiger partial charge in [0.2, 0.25) is 0 Å². The zero-order valence-electron chi connectivity index (χ0n) is 16.7. The lowest BCUT2D eigenvalue weighted by Crippen LogP contribution is -2.25. The molecular weight excluding hydrogens is 376 g/mol. The van der Waals surface area contributed by atoms with Gasteiger partial charge in [-0.15, -0.1) is 0 Å². The molecule has 0 fully saturated rings. The van der Waals surface area contributed by atoms with Gasteiger partial charge in [0.15, 0.2) is 5.58 Å². The van der Waals surface area contributed by atoms with Gasteiger partial charge in [0.25, 0.3) is 6.01 Å². The van der Waals surface area contributed by atoms with Crippen LogP contribution in [0.15, 0.2) is 71.1 Å². The first-order valence-electron chi connectivity index (χ1n) is 9.67. The van der Waals surface area contributed by atoms with Crippen molar-refractivity contribution in [3.05, 3.63) is 83.4 Å². The molecule has 1 heterocycles. The largest absolute Gasteiger partial charge is 0.497 e. The Morgan fingerprint density at radius 2 is 1.77 bits per heavy atom. The molecule has 6 heteroatoms. The maximum Gasteiger partial charge on any atom is 0.298 e. The number of hydrogen-bond acceptors (Lipinski definition) is 6. The van der Waals surface area contributed by atoms with Crippen LogP contribution in [0, 0.1) is 11.3 Å². The van der Waals surface area contributed by atoms with Gasteiger partial charge in [-0.3, -0.25) is 0 Å². The van der Waals surface area contributed by atoms with E-state index in [0.717, 1.165) is 23.3 Å². The number of rotatable bonds is 7. The SMILES string of the molecule is COc1ccc(CCN(Cc2ccc(C#N)cc2)c2nc3ccc(N)cc3o2)cc1. The van der Waals surface area contributed by atoms with Gasteiger partial charge in [-0.2, -0.15) is 10.2 Å². The predicted molar refractivity (Wildman–Crippen MR) is 117 cm³/mol. The van der Waals surface area contributed by atoms with Crippen LogP contribution in [0.25, 0.3) is 11.1 Å². The summed E-state index contributed by atoms with van der Waals surface area (Å²) in [5, 5.41) is 9.03.